The van der Waals surface area contributed by atoms with E-state index in [4.69, 9.17) is 0 Å². The normalized spacial score (nSPS) is 10.8. The van der Waals surface area contributed by atoms with Crippen LogP contribution in [0.15, 0.2) is 4.99 Å². The highest BCUT2D eigenvalue weighted by atomic mass is 127. The van der Waals surface area contributed by atoms with Gasteiger partial charge in [-0.25, -0.2) is 4.99 Å². The molecular formula is C11H25IN4O. The Morgan fingerprint density at radius 3 is 2.35 bits per heavy atom. The number of carbonyl (C=O) groups is 1. The quantitative estimate of drug-likeness (QED) is 0.440. The topological polar surface area (TPSA) is 56.7 Å². The van der Waals surface area contributed by atoms with Crippen molar-refractivity contribution in [3.63, 3.8) is 0 Å². The second kappa shape index (κ2) is 10.6. The maximum absolute atomic E-state index is 11.4. The van der Waals surface area contributed by atoms with Gasteiger partial charge in [-0.15, -0.1) is 24.0 Å². The lowest BCUT2D eigenvalue weighted by Gasteiger charge is -2.15. The molecule has 102 valence electrons. The van der Waals surface area contributed by atoms with Crippen molar-refractivity contribution < 1.29 is 4.79 Å². The van der Waals surface area contributed by atoms with E-state index in [1.807, 2.05) is 13.8 Å². The molecule has 0 unspecified atom stereocenters. The standard InChI is InChI=1S/C11H24N4O.HI/c1-6-7-12-11(14-9(2)3)13-8-10(16)15(4)5;/h9H,6-8H2,1-5H3,(H2,12,13,14);1H. The zero-order valence-corrected chi connectivity index (χ0v) is 13.7. The molecule has 6 heteroatoms. The number of nitrogens with zero attached hydrogens (tertiary/aromatic N) is 2. The van der Waals surface area contributed by atoms with Gasteiger partial charge in [0.15, 0.2) is 5.96 Å². The van der Waals surface area contributed by atoms with Crippen molar-refractivity contribution in [2.45, 2.75) is 33.2 Å². The van der Waals surface area contributed by atoms with E-state index in [0.29, 0.717) is 12.0 Å². The van der Waals surface area contributed by atoms with Crippen LogP contribution in [-0.2, 0) is 4.79 Å². The minimum atomic E-state index is 0. The molecule has 0 aromatic heterocycles. The number of carbonyl (C=O) groups excluding carboxylic acids is 1. The van der Waals surface area contributed by atoms with E-state index in [0.717, 1.165) is 13.0 Å². The van der Waals surface area contributed by atoms with E-state index in [-0.39, 0.29) is 36.4 Å². The lowest BCUT2D eigenvalue weighted by Crippen LogP contribution is -2.42. The molecule has 0 aromatic rings. The average Bonchev–Trinajstić information content (AvgIpc) is 2.20. The molecule has 2 N–H and O–H groups in total. The highest BCUT2D eigenvalue weighted by molar-refractivity contribution is 14.0. The Morgan fingerprint density at radius 2 is 1.94 bits per heavy atom. The van der Waals surface area contributed by atoms with Crippen molar-refractivity contribution in [3.8, 4) is 0 Å². The monoisotopic (exact) mass is 356 g/mol. The fraction of sp³-hybridized carbons (Fsp3) is 0.818. The summed E-state index contributed by atoms with van der Waals surface area (Å²) in [6.07, 6.45) is 1.03. The SMILES string of the molecule is CCCNC(=NCC(=O)N(C)C)NC(C)C.I. The lowest BCUT2D eigenvalue weighted by atomic mass is 10.4. The predicted octanol–water partition coefficient (Wildman–Crippen LogP) is 1.05. The van der Waals surface area contributed by atoms with Crippen LogP contribution in [0.25, 0.3) is 0 Å². The van der Waals surface area contributed by atoms with Crippen molar-refractivity contribution in [1.82, 2.24) is 15.5 Å². The smallest absolute Gasteiger partial charge is 0.243 e. The third kappa shape index (κ3) is 10.3. The predicted molar refractivity (Wildman–Crippen MR) is 83.0 cm³/mol. The van der Waals surface area contributed by atoms with Crippen LogP contribution in [0.5, 0.6) is 0 Å². The number of rotatable bonds is 5. The molecule has 0 atom stereocenters. The van der Waals surface area contributed by atoms with Gasteiger partial charge < -0.3 is 15.5 Å². The van der Waals surface area contributed by atoms with E-state index in [2.05, 4.69) is 22.5 Å². The summed E-state index contributed by atoms with van der Waals surface area (Å²) in [5.41, 5.74) is 0. The minimum absolute atomic E-state index is 0. The van der Waals surface area contributed by atoms with E-state index in [1.165, 1.54) is 4.90 Å². The zero-order chi connectivity index (χ0) is 12.6. The first-order chi connectivity index (χ1) is 7.47. The molecule has 0 saturated carbocycles. The van der Waals surface area contributed by atoms with Crippen LogP contribution >= 0.6 is 24.0 Å². The van der Waals surface area contributed by atoms with Crippen LogP contribution in [0, 0.1) is 0 Å². The Kier molecular flexibility index (Phi) is 11.8. The molecule has 0 bridgehead atoms. The summed E-state index contributed by atoms with van der Waals surface area (Å²) in [5, 5.41) is 6.34. The van der Waals surface area contributed by atoms with Gasteiger partial charge in [0, 0.05) is 26.7 Å². The number of hydrogen-bond acceptors (Lipinski definition) is 2. The molecule has 0 aliphatic rings. The molecule has 1 amide bonds. The molecule has 0 aliphatic heterocycles. The molecule has 0 aliphatic carbocycles. The number of guanidine groups is 1. The first kappa shape index (κ1) is 18.8. The van der Waals surface area contributed by atoms with Gasteiger partial charge in [0.2, 0.25) is 5.91 Å². The van der Waals surface area contributed by atoms with Gasteiger partial charge in [-0.1, -0.05) is 6.92 Å². The molecule has 0 heterocycles. The fourth-order valence-electron chi connectivity index (χ4n) is 0.958. The molecule has 0 fully saturated rings. The third-order valence-electron chi connectivity index (χ3n) is 1.84. The van der Waals surface area contributed by atoms with E-state index in [9.17, 15) is 4.79 Å². The van der Waals surface area contributed by atoms with Crippen molar-refractivity contribution in [2.24, 2.45) is 4.99 Å². The van der Waals surface area contributed by atoms with E-state index >= 15 is 0 Å². The Balaban J connectivity index is 0. The van der Waals surface area contributed by atoms with Crippen molar-refractivity contribution >= 4 is 35.8 Å². The molecule has 0 spiro atoms. The first-order valence-electron chi connectivity index (χ1n) is 5.72. The van der Waals surface area contributed by atoms with Gasteiger partial charge in [0.25, 0.3) is 0 Å². The number of likely N-dealkylation sites (N-methyl/N-ethyl adjacent to an activating group) is 1. The van der Waals surface area contributed by atoms with Gasteiger partial charge in [-0.05, 0) is 20.3 Å². The second-order valence-electron chi connectivity index (χ2n) is 4.18. The summed E-state index contributed by atoms with van der Waals surface area (Å²) in [6, 6.07) is 0.303. The summed E-state index contributed by atoms with van der Waals surface area (Å²) in [6.45, 7) is 7.20. The van der Waals surface area contributed by atoms with E-state index < -0.39 is 0 Å². The average molecular weight is 356 g/mol. The van der Waals surface area contributed by atoms with Crippen LogP contribution in [-0.4, -0.2) is 50.0 Å². The van der Waals surface area contributed by atoms with Crippen LogP contribution in [0.1, 0.15) is 27.2 Å². The Hall–Kier alpha value is -0.530. The summed E-state index contributed by atoms with van der Waals surface area (Å²) < 4.78 is 0. The molecule has 17 heavy (non-hydrogen) atoms. The maximum Gasteiger partial charge on any atom is 0.243 e. The van der Waals surface area contributed by atoms with Crippen LogP contribution in [0.2, 0.25) is 0 Å². The van der Waals surface area contributed by atoms with Crippen molar-refractivity contribution in [3.05, 3.63) is 0 Å². The van der Waals surface area contributed by atoms with Crippen LogP contribution in [0.4, 0.5) is 0 Å². The lowest BCUT2D eigenvalue weighted by molar-refractivity contribution is -0.127. The van der Waals surface area contributed by atoms with Gasteiger partial charge in [0.05, 0.1) is 0 Å². The number of nitrogens with one attached hydrogen (secondary N) is 2. The highest BCUT2D eigenvalue weighted by Gasteiger charge is 2.04. The molecule has 0 rings (SSSR count). The van der Waals surface area contributed by atoms with Gasteiger partial charge in [-0.3, -0.25) is 4.79 Å². The summed E-state index contributed by atoms with van der Waals surface area (Å²) in [5.74, 6) is 0.702. The molecule has 5 nitrogen and oxygen atoms in total. The Labute approximate surface area is 121 Å². The number of hydrogen-bond donors (Lipinski definition) is 2. The maximum atomic E-state index is 11.4. The van der Waals surface area contributed by atoms with Gasteiger partial charge in [-0.2, -0.15) is 0 Å². The van der Waals surface area contributed by atoms with Crippen molar-refractivity contribution in [1.29, 1.82) is 0 Å². The minimum Gasteiger partial charge on any atom is -0.356 e. The van der Waals surface area contributed by atoms with Gasteiger partial charge in [0.1, 0.15) is 6.54 Å². The van der Waals surface area contributed by atoms with Crippen LogP contribution in [0.3, 0.4) is 0 Å². The fourth-order valence-corrected chi connectivity index (χ4v) is 0.958. The van der Waals surface area contributed by atoms with Crippen molar-refractivity contribution in [2.75, 3.05) is 27.2 Å². The third-order valence-corrected chi connectivity index (χ3v) is 1.84. The summed E-state index contributed by atoms with van der Waals surface area (Å²) in [7, 11) is 3.46. The summed E-state index contributed by atoms with van der Waals surface area (Å²) in [4.78, 5) is 17.1. The molecule has 0 aromatic carbocycles. The Morgan fingerprint density at radius 1 is 1.35 bits per heavy atom. The zero-order valence-electron chi connectivity index (χ0n) is 11.4. The largest absolute Gasteiger partial charge is 0.356 e. The molecule has 0 saturated heterocycles. The highest BCUT2D eigenvalue weighted by Crippen LogP contribution is 1.84. The molecular weight excluding hydrogens is 331 g/mol. The molecule has 0 radical (unpaired) electrons. The van der Waals surface area contributed by atoms with Gasteiger partial charge >= 0.3 is 0 Å². The number of halogens is 1. The first-order valence-corrected chi connectivity index (χ1v) is 5.72. The second-order valence-corrected chi connectivity index (χ2v) is 4.18. The van der Waals surface area contributed by atoms with E-state index in [1.54, 1.807) is 14.1 Å². The van der Waals surface area contributed by atoms with Crippen LogP contribution < -0.4 is 10.6 Å². The number of amides is 1. The summed E-state index contributed by atoms with van der Waals surface area (Å²) >= 11 is 0. The number of aliphatic imine (C=N–C) groups is 1. The Bertz CT molecular complexity index is 242.